The summed E-state index contributed by atoms with van der Waals surface area (Å²) in [4.78, 5) is 23.8. The first-order valence-electron chi connectivity index (χ1n) is 7.92. The van der Waals surface area contributed by atoms with Gasteiger partial charge in [0, 0.05) is 0 Å². The van der Waals surface area contributed by atoms with Crippen LogP contribution >= 0.6 is 27.5 Å². The second-order valence-corrected chi connectivity index (χ2v) is 6.50. The van der Waals surface area contributed by atoms with Crippen LogP contribution in [0.2, 0.25) is 5.02 Å². The van der Waals surface area contributed by atoms with Gasteiger partial charge in [0.2, 0.25) is 0 Å². The lowest BCUT2D eigenvalue weighted by molar-refractivity contribution is -0.120. The summed E-state index contributed by atoms with van der Waals surface area (Å²) < 4.78 is 5.75. The molecular formula is C18H17BrClN3O4. The van der Waals surface area contributed by atoms with E-state index in [0.29, 0.717) is 27.4 Å². The maximum atomic E-state index is 12.0. The predicted octanol–water partition coefficient (Wildman–Crippen LogP) is 3.09. The Morgan fingerprint density at radius 3 is 2.78 bits per heavy atom. The highest BCUT2D eigenvalue weighted by molar-refractivity contribution is 9.10. The molecule has 2 rings (SSSR count). The average molecular weight is 455 g/mol. The van der Waals surface area contributed by atoms with E-state index in [2.05, 4.69) is 31.8 Å². The van der Waals surface area contributed by atoms with Gasteiger partial charge in [0.15, 0.2) is 11.5 Å². The molecule has 0 fully saturated rings. The molecule has 0 radical (unpaired) electrons. The van der Waals surface area contributed by atoms with Crippen LogP contribution in [-0.2, 0) is 4.79 Å². The number of hydrogen-bond acceptors (Lipinski definition) is 5. The number of aromatic hydroxyl groups is 1. The Hall–Kier alpha value is -2.58. The Balaban J connectivity index is 1.90. The van der Waals surface area contributed by atoms with Gasteiger partial charge in [0.25, 0.3) is 11.8 Å². The predicted molar refractivity (Wildman–Crippen MR) is 106 cm³/mol. The topological polar surface area (TPSA) is 100 Å². The molecule has 0 aliphatic rings. The van der Waals surface area contributed by atoms with Crippen LogP contribution in [0.25, 0.3) is 0 Å². The molecule has 3 N–H and O–H groups in total. The fourth-order valence-corrected chi connectivity index (χ4v) is 2.73. The van der Waals surface area contributed by atoms with Crippen LogP contribution in [0.1, 0.15) is 22.8 Å². The minimum Gasteiger partial charge on any atom is -0.503 e. The molecule has 0 spiro atoms. The number of benzene rings is 2. The van der Waals surface area contributed by atoms with Gasteiger partial charge in [-0.25, -0.2) is 5.43 Å². The van der Waals surface area contributed by atoms with Gasteiger partial charge in [-0.15, -0.1) is 0 Å². The number of ether oxygens (including phenoxy) is 1. The van der Waals surface area contributed by atoms with Crippen LogP contribution in [-0.4, -0.2) is 36.3 Å². The van der Waals surface area contributed by atoms with Crippen LogP contribution in [0.4, 0.5) is 0 Å². The molecular weight excluding hydrogens is 438 g/mol. The molecule has 0 aromatic heterocycles. The van der Waals surface area contributed by atoms with E-state index in [1.807, 2.05) is 0 Å². The fourth-order valence-electron chi connectivity index (χ4n) is 2.05. The van der Waals surface area contributed by atoms with Crippen LogP contribution in [0.3, 0.4) is 0 Å². The Labute approximate surface area is 169 Å². The number of carbonyl (C=O) groups is 2. The average Bonchev–Trinajstić information content (AvgIpc) is 2.64. The van der Waals surface area contributed by atoms with Crippen molar-refractivity contribution in [3.8, 4) is 11.5 Å². The lowest BCUT2D eigenvalue weighted by atomic mass is 10.2. The molecule has 2 aromatic carbocycles. The second kappa shape index (κ2) is 9.94. The fraction of sp³-hybridized carbons (Fsp3) is 0.167. The summed E-state index contributed by atoms with van der Waals surface area (Å²) in [6.07, 6.45) is 1.39. The smallest absolute Gasteiger partial charge is 0.259 e. The Kier molecular flexibility index (Phi) is 7.63. The van der Waals surface area contributed by atoms with Crippen LogP contribution < -0.4 is 15.5 Å². The van der Waals surface area contributed by atoms with Gasteiger partial charge in [-0.2, -0.15) is 5.10 Å². The van der Waals surface area contributed by atoms with E-state index in [9.17, 15) is 14.7 Å². The minimum absolute atomic E-state index is 0.0136. The molecule has 7 nitrogen and oxygen atoms in total. The van der Waals surface area contributed by atoms with Crippen molar-refractivity contribution in [3.63, 3.8) is 0 Å². The van der Waals surface area contributed by atoms with Gasteiger partial charge in [-0.3, -0.25) is 9.59 Å². The van der Waals surface area contributed by atoms with E-state index >= 15 is 0 Å². The number of phenolic OH excluding ortho intramolecular Hbond substituents is 1. The van der Waals surface area contributed by atoms with Crippen molar-refractivity contribution in [2.45, 2.75) is 6.92 Å². The highest BCUT2D eigenvalue weighted by atomic mass is 79.9. The van der Waals surface area contributed by atoms with E-state index in [1.165, 1.54) is 6.21 Å². The zero-order valence-corrected chi connectivity index (χ0v) is 16.7. The van der Waals surface area contributed by atoms with Crippen LogP contribution in [0.5, 0.6) is 11.5 Å². The standard InChI is InChI=1S/C18H17BrClN3O4/c1-2-27-15-8-11(7-13(19)17(15)25)9-22-23-16(24)10-21-18(26)12-5-3-4-6-14(12)20/h3-9,25H,2,10H2,1H3,(H,21,26)(H,23,24)/b22-9+. The van der Waals surface area contributed by atoms with Crippen LogP contribution in [0, 0.1) is 0 Å². The first-order chi connectivity index (χ1) is 12.9. The molecule has 9 heteroatoms. The van der Waals surface area contributed by atoms with Crippen molar-refractivity contribution in [2.24, 2.45) is 5.10 Å². The summed E-state index contributed by atoms with van der Waals surface area (Å²) in [5.41, 5.74) is 3.19. The van der Waals surface area contributed by atoms with Gasteiger partial charge in [-0.05, 0) is 52.7 Å². The zero-order chi connectivity index (χ0) is 19.8. The van der Waals surface area contributed by atoms with E-state index in [0.717, 1.165) is 0 Å². The summed E-state index contributed by atoms with van der Waals surface area (Å²) in [6.45, 7) is 1.93. The summed E-state index contributed by atoms with van der Waals surface area (Å²) in [6, 6.07) is 9.74. The highest BCUT2D eigenvalue weighted by Crippen LogP contribution is 2.35. The molecule has 0 aliphatic carbocycles. The Morgan fingerprint density at radius 2 is 2.07 bits per heavy atom. The van der Waals surface area contributed by atoms with Crippen molar-refractivity contribution >= 4 is 45.6 Å². The highest BCUT2D eigenvalue weighted by Gasteiger charge is 2.11. The van der Waals surface area contributed by atoms with Crippen LogP contribution in [0.15, 0.2) is 46.0 Å². The van der Waals surface area contributed by atoms with Crippen molar-refractivity contribution in [3.05, 3.63) is 57.0 Å². The van der Waals surface area contributed by atoms with E-state index in [4.69, 9.17) is 16.3 Å². The molecule has 142 valence electrons. The first kappa shape index (κ1) is 20.7. The van der Waals surface area contributed by atoms with Crippen molar-refractivity contribution in [1.82, 2.24) is 10.7 Å². The number of amides is 2. The number of carbonyl (C=O) groups excluding carboxylic acids is 2. The number of halogens is 2. The number of hydrogen-bond donors (Lipinski definition) is 3. The van der Waals surface area contributed by atoms with E-state index in [1.54, 1.807) is 43.3 Å². The lowest BCUT2D eigenvalue weighted by Gasteiger charge is -2.08. The zero-order valence-electron chi connectivity index (χ0n) is 14.3. The molecule has 0 saturated carbocycles. The van der Waals surface area contributed by atoms with Crippen molar-refractivity contribution in [2.75, 3.05) is 13.2 Å². The number of rotatable bonds is 7. The molecule has 2 amide bonds. The van der Waals surface area contributed by atoms with E-state index < -0.39 is 11.8 Å². The summed E-state index contributed by atoms with van der Waals surface area (Å²) in [7, 11) is 0. The number of nitrogens with one attached hydrogen (secondary N) is 2. The van der Waals surface area contributed by atoms with Gasteiger partial charge >= 0.3 is 0 Å². The largest absolute Gasteiger partial charge is 0.503 e. The molecule has 0 saturated heterocycles. The maximum absolute atomic E-state index is 12.0. The van der Waals surface area contributed by atoms with Crippen molar-refractivity contribution in [1.29, 1.82) is 0 Å². The van der Waals surface area contributed by atoms with E-state index in [-0.39, 0.29) is 17.9 Å². The number of nitrogens with zero attached hydrogens (tertiary/aromatic N) is 1. The molecule has 0 heterocycles. The minimum atomic E-state index is -0.505. The van der Waals surface area contributed by atoms with Gasteiger partial charge < -0.3 is 15.2 Å². The number of phenols is 1. The summed E-state index contributed by atoms with van der Waals surface area (Å²) in [5, 5.41) is 16.5. The first-order valence-corrected chi connectivity index (χ1v) is 9.09. The third-order valence-electron chi connectivity index (χ3n) is 3.28. The number of hydrazone groups is 1. The molecule has 0 bridgehead atoms. The van der Waals surface area contributed by atoms with Gasteiger partial charge in [0.1, 0.15) is 0 Å². The van der Waals surface area contributed by atoms with Crippen molar-refractivity contribution < 1.29 is 19.4 Å². The van der Waals surface area contributed by atoms with Gasteiger partial charge in [-0.1, -0.05) is 23.7 Å². The molecule has 27 heavy (non-hydrogen) atoms. The normalized spacial score (nSPS) is 10.6. The van der Waals surface area contributed by atoms with Gasteiger partial charge in [0.05, 0.1) is 34.4 Å². The quantitative estimate of drug-likeness (QED) is 0.442. The third-order valence-corrected chi connectivity index (χ3v) is 4.22. The third kappa shape index (κ3) is 5.97. The molecule has 2 aromatic rings. The lowest BCUT2D eigenvalue weighted by Crippen LogP contribution is -2.35. The summed E-state index contributed by atoms with van der Waals surface area (Å²) >= 11 is 9.15. The Bertz CT molecular complexity index is 874. The SMILES string of the molecule is CCOc1cc(/C=N/NC(=O)CNC(=O)c2ccccc2Cl)cc(Br)c1O. The summed E-state index contributed by atoms with van der Waals surface area (Å²) in [5.74, 6) is -0.676. The second-order valence-electron chi connectivity index (χ2n) is 5.24. The Morgan fingerprint density at radius 1 is 1.33 bits per heavy atom. The molecule has 0 unspecified atom stereocenters. The molecule has 0 aliphatic heterocycles. The molecule has 0 atom stereocenters. The maximum Gasteiger partial charge on any atom is 0.259 e. The monoisotopic (exact) mass is 453 g/mol.